The number of likely N-dealkylation sites (N-methyl/N-ethyl adjacent to an activating group) is 1. The first-order valence-electron chi connectivity index (χ1n) is 5.22. The summed E-state index contributed by atoms with van der Waals surface area (Å²) < 4.78 is 0. The van der Waals surface area contributed by atoms with Crippen LogP contribution in [0.5, 0.6) is 0 Å². The number of halogens is 2. The summed E-state index contributed by atoms with van der Waals surface area (Å²) in [7, 11) is 1.99. The van der Waals surface area contributed by atoms with E-state index in [0.717, 1.165) is 6.42 Å². The molecule has 0 aliphatic heterocycles. The largest absolute Gasteiger partial charge is 0.316 e. The zero-order chi connectivity index (χ0) is 11.4. The molecule has 15 heavy (non-hydrogen) atoms. The van der Waals surface area contributed by atoms with Crippen LogP contribution in [-0.4, -0.2) is 13.1 Å². The molecule has 0 radical (unpaired) electrons. The zero-order valence-electron chi connectivity index (χ0n) is 9.35. The third-order valence-corrected chi connectivity index (χ3v) is 3.62. The summed E-state index contributed by atoms with van der Waals surface area (Å²) in [6, 6.07) is 6.33. The Morgan fingerprint density at radius 3 is 2.40 bits per heavy atom. The molecule has 0 bridgehead atoms. The molecule has 0 saturated heterocycles. The van der Waals surface area contributed by atoms with Crippen LogP contribution >= 0.6 is 23.2 Å². The number of benzene rings is 1. The Hall–Kier alpha value is -0.240. The molecule has 0 aliphatic rings. The third-order valence-electron chi connectivity index (χ3n) is 2.88. The summed E-state index contributed by atoms with van der Waals surface area (Å²) in [6.45, 7) is 4.37. The monoisotopic (exact) mass is 245 g/mol. The van der Waals surface area contributed by atoms with Gasteiger partial charge in [0.2, 0.25) is 0 Å². The molecule has 0 fully saturated rings. The van der Waals surface area contributed by atoms with E-state index >= 15 is 0 Å². The maximum Gasteiger partial charge on any atom is 0.0595 e. The van der Waals surface area contributed by atoms with E-state index in [2.05, 4.69) is 19.2 Å². The lowest BCUT2D eigenvalue weighted by Crippen LogP contribution is -2.29. The highest BCUT2D eigenvalue weighted by molar-refractivity contribution is 6.42. The topological polar surface area (TPSA) is 12.0 Å². The molecule has 0 amide bonds. The van der Waals surface area contributed by atoms with Crippen LogP contribution in [0.4, 0.5) is 0 Å². The lowest BCUT2D eigenvalue weighted by molar-refractivity contribution is 0.473. The predicted molar refractivity (Wildman–Crippen MR) is 68.0 cm³/mol. The van der Waals surface area contributed by atoms with Gasteiger partial charge in [-0.1, -0.05) is 43.1 Å². The third kappa shape index (κ3) is 3.10. The Labute approximate surface area is 102 Å². The fraction of sp³-hybridized carbons (Fsp3) is 0.500. The maximum atomic E-state index is 6.00. The second-order valence-corrected chi connectivity index (χ2v) is 4.58. The summed E-state index contributed by atoms with van der Waals surface area (Å²) in [5.41, 5.74) is 1.23. The van der Waals surface area contributed by atoms with Crippen molar-refractivity contribution in [3.05, 3.63) is 33.8 Å². The summed E-state index contributed by atoms with van der Waals surface area (Å²) >= 11 is 11.9. The van der Waals surface area contributed by atoms with Gasteiger partial charge in [0.1, 0.15) is 0 Å². The molecule has 0 spiro atoms. The minimum Gasteiger partial charge on any atom is -0.316 e. The first kappa shape index (κ1) is 12.8. The van der Waals surface area contributed by atoms with Crippen LogP contribution in [0.1, 0.15) is 31.7 Å². The lowest BCUT2D eigenvalue weighted by atomic mass is 9.92. The lowest BCUT2D eigenvalue weighted by Gasteiger charge is -2.22. The highest BCUT2D eigenvalue weighted by atomic mass is 35.5. The van der Waals surface area contributed by atoms with Gasteiger partial charge in [0.15, 0.2) is 0 Å². The predicted octanol–water partition coefficient (Wildman–Crippen LogP) is 4.09. The number of hydrogen-bond donors (Lipinski definition) is 1. The first-order chi connectivity index (χ1) is 7.10. The highest BCUT2D eigenvalue weighted by Gasteiger charge is 2.15. The van der Waals surface area contributed by atoms with Crippen LogP contribution in [0, 0.1) is 0 Å². The average molecular weight is 246 g/mol. The second-order valence-electron chi connectivity index (χ2n) is 3.77. The molecule has 2 atom stereocenters. The highest BCUT2D eigenvalue weighted by Crippen LogP contribution is 2.28. The average Bonchev–Trinajstić information content (AvgIpc) is 2.23. The molecule has 1 N–H and O–H groups in total. The van der Waals surface area contributed by atoms with Crippen molar-refractivity contribution in [2.45, 2.75) is 32.2 Å². The standard InChI is InChI=1S/C12H17Cl2N/c1-4-12(15-3)8(2)9-5-6-10(13)11(14)7-9/h5-8,12,15H,4H2,1-3H3. The summed E-state index contributed by atoms with van der Waals surface area (Å²) in [5.74, 6) is 0.440. The van der Waals surface area contributed by atoms with E-state index in [1.807, 2.05) is 25.2 Å². The van der Waals surface area contributed by atoms with Crippen LogP contribution in [0.2, 0.25) is 10.0 Å². The molecule has 1 aromatic rings. The zero-order valence-corrected chi connectivity index (χ0v) is 10.9. The van der Waals surface area contributed by atoms with Gasteiger partial charge < -0.3 is 5.32 Å². The van der Waals surface area contributed by atoms with Gasteiger partial charge in [-0.05, 0) is 37.1 Å². The molecule has 0 aliphatic carbocycles. The van der Waals surface area contributed by atoms with E-state index < -0.39 is 0 Å². The Kier molecular flexibility index (Phi) is 4.91. The molecule has 2 unspecified atom stereocenters. The van der Waals surface area contributed by atoms with Crippen molar-refractivity contribution >= 4 is 23.2 Å². The normalized spacial score (nSPS) is 15.0. The van der Waals surface area contributed by atoms with E-state index in [4.69, 9.17) is 23.2 Å². The van der Waals surface area contributed by atoms with Crippen molar-refractivity contribution in [1.29, 1.82) is 0 Å². The summed E-state index contributed by atoms with van der Waals surface area (Å²) in [5, 5.41) is 4.56. The fourth-order valence-electron chi connectivity index (χ4n) is 1.84. The van der Waals surface area contributed by atoms with Crippen molar-refractivity contribution in [1.82, 2.24) is 5.32 Å². The smallest absolute Gasteiger partial charge is 0.0595 e. The van der Waals surface area contributed by atoms with Crippen molar-refractivity contribution in [2.24, 2.45) is 0 Å². The SMILES string of the molecule is CCC(NC)C(C)c1ccc(Cl)c(Cl)c1. The van der Waals surface area contributed by atoms with E-state index in [0.29, 0.717) is 22.0 Å². The van der Waals surface area contributed by atoms with E-state index in [9.17, 15) is 0 Å². The first-order valence-corrected chi connectivity index (χ1v) is 5.98. The molecule has 0 aromatic heterocycles. The van der Waals surface area contributed by atoms with Crippen molar-refractivity contribution in [3.8, 4) is 0 Å². The van der Waals surface area contributed by atoms with Crippen molar-refractivity contribution < 1.29 is 0 Å². The van der Waals surface area contributed by atoms with Crippen LogP contribution in [0.15, 0.2) is 18.2 Å². The Bertz CT molecular complexity index is 321. The van der Waals surface area contributed by atoms with Crippen LogP contribution in [-0.2, 0) is 0 Å². The summed E-state index contributed by atoms with van der Waals surface area (Å²) in [6.07, 6.45) is 1.10. The molecule has 1 rings (SSSR count). The minimum atomic E-state index is 0.440. The number of rotatable bonds is 4. The van der Waals surface area contributed by atoms with Gasteiger partial charge in [0.05, 0.1) is 10.0 Å². The Balaban J connectivity index is 2.90. The van der Waals surface area contributed by atoms with Crippen molar-refractivity contribution in [2.75, 3.05) is 7.05 Å². The van der Waals surface area contributed by atoms with Crippen LogP contribution in [0.25, 0.3) is 0 Å². The van der Waals surface area contributed by atoms with Gasteiger partial charge in [-0.3, -0.25) is 0 Å². The van der Waals surface area contributed by atoms with E-state index in [1.165, 1.54) is 5.56 Å². The number of nitrogens with one attached hydrogen (secondary N) is 1. The van der Waals surface area contributed by atoms with Gasteiger partial charge in [-0.25, -0.2) is 0 Å². The molecule has 3 heteroatoms. The molecular weight excluding hydrogens is 229 g/mol. The van der Waals surface area contributed by atoms with E-state index in [1.54, 1.807) is 0 Å². The molecule has 1 nitrogen and oxygen atoms in total. The van der Waals surface area contributed by atoms with Gasteiger partial charge >= 0.3 is 0 Å². The Morgan fingerprint density at radius 1 is 1.27 bits per heavy atom. The van der Waals surface area contributed by atoms with Gasteiger partial charge in [-0.2, -0.15) is 0 Å². The molecule has 0 heterocycles. The Morgan fingerprint density at radius 2 is 1.93 bits per heavy atom. The summed E-state index contributed by atoms with van der Waals surface area (Å²) in [4.78, 5) is 0. The molecule has 84 valence electrons. The van der Waals surface area contributed by atoms with Crippen LogP contribution < -0.4 is 5.32 Å². The molecular formula is C12H17Cl2N. The minimum absolute atomic E-state index is 0.440. The van der Waals surface area contributed by atoms with Crippen LogP contribution in [0.3, 0.4) is 0 Å². The second kappa shape index (κ2) is 5.74. The number of hydrogen-bond acceptors (Lipinski definition) is 1. The maximum absolute atomic E-state index is 6.00. The van der Waals surface area contributed by atoms with Crippen molar-refractivity contribution in [3.63, 3.8) is 0 Å². The quantitative estimate of drug-likeness (QED) is 0.843. The fourth-order valence-corrected chi connectivity index (χ4v) is 2.14. The van der Waals surface area contributed by atoms with Gasteiger partial charge in [-0.15, -0.1) is 0 Å². The van der Waals surface area contributed by atoms with Gasteiger partial charge in [0.25, 0.3) is 0 Å². The van der Waals surface area contributed by atoms with E-state index in [-0.39, 0.29) is 0 Å². The van der Waals surface area contributed by atoms with Gasteiger partial charge in [0, 0.05) is 6.04 Å². The molecule has 0 saturated carbocycles. The molecule has 1 aromatic carbocycles.